The Morgan fingerprint density at radius 1 is 1.03 bits per heavy atom. The van der Waals surface area contributed by atoms with E-state index in [4.69, 9.17) is 23.8 Å². The van der Waals surface area contributed by atoms with Crippen molar-refractivity contribution in [2.45, 2.75) is 64.1 Å². The zero-order chi connectivity index (χ0) is 22.2. The summed E-state index contributed by atoms with van der Waals surface area (Å²) in [6.07, 6.45) is 8.38. The number of aryl methyl sites for hydroxylation is 1. The number of pyridine rings is 1. The van der Waals surface area contributed by atoms with Gasteiger partial charge in [-0.25, -0.2) is 0 Å². The highest BCUT2D eigenvalue weighted by molar-refractivity contribution is 7.80. The molecule has 1 saturated heterocycles. The lowest BCUT2D eigenvalue weighted by Crippen LogP contribution is -2.29. The van der Waals surface area contributed by atoms with E-state index < -0.39 is 0 Å². The van der Waals surface area contributed by atoms with Gasteiger partial charge < -0.3 is 14.8 Å². The molecule has 1 N–H and O–H groups in total. The van der Waals surface area contributed by atoms with Crippen LogP contribution in [0.3, 0.4) is 0 Å². The predicted octanol–water partition coefficient (Wildman–Crippen LogP) is 6.84. The molecule has 2 aromatic heterocycles. The van der Waals surface area contributed by atoms with Gasteiger partial charge in [-0.3, -0.25) is 4.98 Å². The molecule has 0 radical (unpaired) electrons. The molecule has 32 heavy (non-hydrogen) atoms. The van der Waals surface area contributed by atoms with Crippen LogP contribution in [0.2, 0.25) is 5.02 Å². The fourth-order valence-electron chi connectivity index (χ4n) is 5.55. The molecular formula is C26H29ClN4S. The molecule has 6 heteroatoms. The highest BCUT2D eigenvalue weighted by Crippen LogP contribution is 2.44. The molecule has 0 bridgehead atoms. The second-order valence-electron chi connectivity index (χ2n) is 8.96. The Bertz CT molecular complexity index is 1100. The smallest absolute Gasteiger partial charge is 0.174 e. The summed E-state index contributed by atoms with van der Waals surface area (Å²) in [6, 6.07) is 17.0. The van der Waals surface area contributed by atoms with Gasteiger partial charge in [0.05, 0.1) is 17.8 Å². The first kappa shape index (κ1) is 21.5. The number of nitrogens with zero attached hydrogens (tertiary/aromatic N) is 3. The van der Waals surface area contributed by atoms with Crippen LogP contribution >= 0.6 is 23.8 Å². The van der Waals surface area contributed by atoms with E-state index in [-0.39, 0.29) is 12.1 Å². The molecule has 0 amide bonds. The largest absolute Gasteiger partial charge is 0.351 e. The van der Waals surface area contributed by atoms with Gasteiger partial charge in [0.15, 0.2) is 5.11 Å². The van der Waals surface area contributed by atoms with E-state index in [2.05, 4.69) is 45.7 Å². The van der Waals surface area contributed by atoms with Gasteiger partial charge >= 0.3 is 0 Å². The summed E-state index contributed by atoms with van der Waals surface area (Å²) < 4.78 is 2.57. The summed E-state index contributed by atoms with van der Waals surface area (Å²) in [6.45, 7) is 4.52. The molecule has 0 spiro atoms. The number of benzene rings is 1. The van der Waals surface area contributed by atoms with Crippen LogP contribution in [0.4, 0.5) is 5.69 Å². The van der Waals surface area contributed by atoms with E-state index in [1.807, 2.05) is 42.6 Å². The Balaban J connectivity index is 1.62. The maximum atomic E-state index is 6.19. The number of halogens is 1. The number of nitrogens with one attached hydrogen (secondary N) is 1. The number of anilines is 1. The predicted molar refractivity (Wildman–Crippen MR) is 135 cm³/mol. The van der Waals surface area contributed by atoms with Gasteiger partial charge in [0.25, 0.3) is 0 Å². The minimum absolute atomic E-state index is 0.0158. The van der Waals surface area contributed by atoms with Crippen LogP contribution in [0.25, 0.3) is 0 Å². The van der Waals surface area contributed by atoms with Crippen molar-refractivity contribution in [1.82, 2.24) is 14.9 Å². The van der Waals surface area contributed by atoms with Crippen LogP contribution in [0.15, 0.2) is 54.7 Å². The van der Waals surface area contributed by atoms with Crippen LogP contribution < -0.4 is 10.2 Å². The molecule has 166 valence electrons. The quantitative estimate of drug-likeness (QED) is 0.428. The molecule has 1 aliphatic heterocycles. The molecular weight excluding hydrogens is 436 g/mol. The molecule has 2 fully saturated rings. The number of aromatic nitrogens is 2. The second kappa shape index (κ2) is 8.87. The molecule has 2 aliphatic rings. The van der Waals surface area contributed by atoms with Crippen molar-refractivity contribution in [3.8, 4) is 0 Å². The van der Waals surface area contributed by atoms with Crippen molar-refractivity contribution in [3.05, 3.63) is 82.4 Å². The van der Waals surface area contributed by atoms with Gasteiger partial charge in [-0.15, -0.1) is 0 Å². The molecule has 1 aromatic carbocycles. The van der Waals surface area contributed by atoms with Crippen molar-refractivity contribution in [2.24, 2.45) is 0 Å². The fraction of sp³-hybridized carbons (Fsp3) is 0.385. The zero-order valence-electron chi connectivity index (χ0n) is 18.6. The lowest BCUT2D eigenvalue weighted by molar-refractivity contribution is 0.345. The Kier molecular flexibility index (Phi) is 5.95. The topological polar surface area (TPSA) is 33.1 Å². The van der Waals surface area contributed by atoms with Gasteiger partial charge in [-0.1, -0.05) is 36.9 Å². The summed E-state index contributed by atoms with van der Waals surface area (Å²) in [5.74, 6) is 0. The second-order valence-corrected chi connectivity index (χ2v) is 9.78. The van der Waals surface area contributed by atoms with Crippen LogP contribution in [-0.4, -0.2) is 14.7 Å². The SMILES string of the molecule is Cc1cc(C2C(c3ccccn3)NC(=S)N2c2ccc(Cl)cc2)c(C)n1C1CCCCC1. The Labute approximate surface area is 200 Å². The third-order valence-electron chi connectivity index (χ3n) is 6.98. The molecule has 3 heterocycles. The van der Waals surface area contributed by atoms with E-state index in [9.17, 15) is 0 Å². The van der Waals surface area contributed by atoms with Crippen molar-refractivity contribution in [2.75, 3.05) is 4.90 Å². The third-order valence-corrected chi connectivity index (χ3v) is 7.55. The first-order chi connectivity index (χ1) is 15.5. The van der Waals surface area contributed by atoms with Crippen molar-refractivity contribution in [1.29, 1.82) is 0 Å². The first-order valence-corrected chi connectivity index (χ1v) is 12.3. The first-order valence-electron chi connectivity index (χ1n) is 11.5. The lowest BCUT2D eigenvalue weighted by Gasteiger charge is -2.30. The third kappa shape index (κ3) is 3.82. The highest BCUT2D eigenvalue weighted by atomic mass is 35.5. The molecule has 2 unspecified atom stereocenters. The average molecular weight is 465 g/mol. The molecule has 3 aromatic rings. The van der Waals surface area contributed by atoms with Gasteiger partial charge in [-0.2, -0.15) is 0 Å². The van der Waals surface area contributed by atoms with Crippen molar-refractivity contribution < 1.29 is 0 Å². The van der Waals surface area contributed by atoms with E-state index in [1.165, 1.54) is 49.1 Å². The van der Waals surface area contributed by atoms with Gasteiger partial charge in [0.2, 0.25) is 0 Å². The normalized spacial score (nSPS) is 21.7. The van der Waals surface area contributed by atoms with E-state index in [1.54, 1.807) is 0 Å². The maximum Gasteiger partial charge on any atom is 0.174 e. The lowest BCUT2D eigenvalue weighted by atomic mass is 9.94. The number of hydrogen-bond donors (Lipinski definition) is 1. The standard InChI is InChI=1S/C26H29ClN4S/c1-17-16-22(18(2)30(17)20-8-4-3-5-9-20)25-24(23-10-6-7-15-28-23)29-26(32)31(25)21-13-11-19(27)12-14-21/h6-7,10-16,20,24-25H,3-5,8-9H2,1-2H3,(H,29,32). The zero-order valence-corrected chi connectivity index (χ0v) is 20.2. The van der Waals surface area contributed by atoms with E-state index >= 15 is 0 Å². The van der Waals surface area contributed by atoms with Crippen molar-refractivity contribution >= 4 is 34.6 Å². The van der Waals surface area contributed by atoms with E-state index in [0.717, 1.165) is 21.5 Å². The number of rotatable bonds is 4. The number of thiocarbonyl (C=S) groups is 1. The monoisotopic (exact) mass is 464 g/mol. The maximum absolute atomic E-state index is 6.19. The summed E-state index contributed by atoms with van der Waals surface area (Å²) in [5.41, 5.74) is 6.02. The fourth-order valence-corrected chi connectivity index (χ4v) is 6.03. The average Bonchev–Trinajstić information content (AvgIpc) is 3.31. The molecule has 1 aliphatic carbocycles. The highest BCUT2D eigenvalue weighted by Gasteiger charge is 2.42. The van der Waals surface area contributed by atoms with Crippen LogP contribution in [0.5, 0.6) is 0 Å². The molecule has 4 nitrogen and oxygen atoms in total. The summed E-state index contributed by atoms with van der Waals surface area (Å²) in [4.78, 5) is 6.92. The summed E-state index contributed by atoms with van der Waals surface area (Å²) in [7, 11) is 0. The van der Waals surface area contributed by atoms with Crippen LogP contribution in [-0.2, 0) is 0 Å². The Hall–Kier alpha value is -2.37. The van der Waals surface area contributed by atoms with Crippen LogP contribution in [0.1, 0.15) is 72.9 Å². The molecule has 1 saturated carbocycles. The van der Waals surface area contributed by atoms with Gasteiger partial charge in [0, 0.05) is 34.3 Å². The minimum Gasteiger partial charge on any atom is -0.351 e. The van der Waals surface area contributed by atoms with E-state index in [0.29, 0.717) is 6.04 Å². The Morgan fingerprint density at radius 2 is 1.78 bits per heavy atom. The van der Waals surface area contributed by atoms with Crippen molar-refractivity contribution in [3.63, 3.8) is 0 Å². The Morgan fingerprint density at radius 3 is 2.47 bits per heavy atom. The molecule has 2 atom stereocenters. The molecule has 5 rings (SSSR count). The number of hydrogen-bond acceptors (Lipinski definition) is 2. The minimum atomic E-state index is -0.0281. The van der Waals surface area contributed by atoms with Gasteiger partial charge in [-0.05, 0) is 86.9 Å². The van der Waals surface area contributed by atoms with Crippen LogP contribution in [0, 0.1) is 13.8 Å². The summed E-state index contributed by atoms with van der Waals surface area (Å²) in [5, 5.41) is 5.01. The van der Waals surface area contributed by atoms with Gasteiger partial charge in [0.1, 0.15) is 0 Å². The summed E-state index contributed by atoms with van der Waals surface area (Å²) >= 11 is 12.1.